The number of esters is 1. The van der Waals surface area contributed by atoms with Gasteiger partial charge in [-0.15, -0.1) is 0 Å². The highest BCUT2D eigenvalue weighted by molar-refractivity contribution is 5.85. The highest BCUT2D eigenvalue weighted by atomic mass is 16.6. The second-order valence-electron chi connectivity index (χ2n) is 10.1. The van der Waals surface area contributed by atoms with Crippen molar-refractivity contribution in [1.82, 2.24) is 4.90 Å². The predicted molar refractivity (Wildman–Crippen MR) is 136 cm³/mol. The fourth-order valence-electron chi connectivity index (χ4n) is 4.61. The summed E-state index contributed by atoms with van der Waals surface area (Å²) in [7, 11) is 1.61. The molecular weight excluding hydrogens is 458 g/mol. The fourth-order valence-corrected chi connectivity index (χ4v) is 4.61. The summed E-state index contributed by atoms with van der Waals surface area (Å²) in [4.78, 5) is 27.3. The summed E-state index contributed by atoms with van der Waals surface area (Å²) in [5.41, 5.74) is 0.947. The van der Waals surface area contributed by atoms with E-state index in [-0.39, 0.29) is 13.0 Å². The molecule has 3 aromatic rings. The number of aliphatic hydroxyl groups is 1. The zero-order valence-corrected chi connectivity index (χ0v) is 21.1. The van der Waals surface area contributed by atoms with E-state index in [4.69, 9.17) is 14.2 Å². The van der Waals surface area contributed by atoms with Crippen molar-refractivity contribution in [3.05, 3.63) is 77.9 Å². The number of hydrogen-bond donors (Lipinski definition) is 1. The molecule has 1 saturated heterocycles. The van der Waals surface area contributed by atoms with E-state index in [2.05, 4.69) is 0 Å². The Morgan fingerprint density at radius 3 is 2.28 bits per heavy atom. The number of nitrogens with zero attached hydrogens (tertiary/aromatic N) is 1. The Labute approximate surface area is 211 Å². The molecule has 3 aromatic carbocycles. The third-order valence-corrected chi connectivity index (χ3v) is 6.30. The second kappa shape index (κ2) is 10.6. The molecular formula is C29H33NO6. The van der Waals surface area contributed by atoms with Gasteiger partial charge in [-0.3, -0.25) is 4.90 Å². The van der Waals surface area contributed by atoms with Crippen LogP contribution >= 0.6 is 0 Å². The van der Waals surface area contributed by atoms with Crippen LogP contribution in [0.15, 0.2) is 66.7 Å². The Balaban J connectivity index is 1.58. The van der Waals surface area contributed by atoms with Crippen LogP contribution in [-0.2, 0) is 27.3 Å². The molecule has 190 valence electrons. The minimum absolute atomic E-state index is 0.0809. The lowest BCUT2D eigenvalue weighted by molar-refractivity contribution is -0.152. The Kier molecular flexibility index (Phi) is 7.50. The van der Waals surface area contributed by atoms with Gasteiger partial charge in [0, 0.05) is 5.92 Å². The molecule has 3 atom stereocenters. The number of ether oxygens (including phenoxy) is 3. The zero-order chi connectivity index (χ0) is 25.9. The molecule has 1 aliphatic rings. The number of benzene rings is 3. The zero-order valence-electron chi connectivity index (χ0n) is 21.1. The molecule has 1 N–H and O–H groups in total. The highest BCUT2D eigenvalue weighted by Gasteiger charge is 2.48. The lowest BCUT2D eigenvalue weighted by Crippen LogP contribution is -2.48. The van der Waals surface area contributed by atoms with Gasteiger partial charge in [-0.1, -0.05) is 54.6 Å². The number of likely N-dealkylation sites (tertiary alicyclic amines) is 1. The predicted octanol–water partition coefficient (Wildman–Crippen LogP) is 5.08. The Hall–Kier alpha value is -3.58. The minimum atomic E-state index is -1.22. The van der Waals surface area contributed by atoms with Crippen LogP contribution in [0.4, 0.5) is 4.79 Å². The first-order valence-corrected chi connectivity index (χ1v) is 12.1. The molecule has 0 spiro atoms. The Bertz CT molecular complexity index is 1220. The number of fused-ring (bicyclic) bond motifs is 1. The summed E-state index contributed by atoms with van der Waals surface area (Å²) in [5.74, 6) is -0.293. The molecule has 1 heterocycles. The van der Waals surface area contributed by atoms with Crippen molar-refractivity contribution in [2.24, 2.45) is 5.92 Å². The lowest BCUT2D eigenvalue weighted by Gasteiger charge is -2.30. The van der Waals surface area contributed by atoms with Crippen LogP contribution in [0.2, 0.25) is 0 Å². The van der Waals surface area contributed by atoms with Gasteiger partial charge >= 0.3 is 12.1 Å². The monoisotopic (exact) mass is 491 g/mol. The Morgan fingerprint density at radius 1 is 1.00 bits per heavy atom. The quantitative estimate of drug-likeness (QED) is 0.484. The molecule has 1 fully saturated rings. The highest BCUT2D eigenvalue weighted by Crippen LogP contribution is 2.36. The maximum atomic E-state index is 13.1. The van der Waals surface area contributed by atoms with Crippen LogP contribution in [0.5, 0.6) is 5.75 Å². The van der Waals surface area contributed by atoms with Crippen LogP contribution in [0, 0.1) is 5.92 Å². The molecule has 1 amide bonds. The molecule has 0 radical (unpaired) electrons. The SMILES string of the molecule is COc1cc2ccccc2cc1C[C@H]1C[C@H](C(=O)OCc2ccccc2)N(C(=O)OC(C)(C)C)C1O. The molecule has 4 rings (SSSR count). The van der Waals surface area contributed by atoms with Gasteiger partial charge in [0.25, 0.3) is 0 Å². The van der Waals surface area contributed by atoms with Crippen LogP contribution < -0.4 is 4.74 Å². The number of carbonyl (C=O) groups is 2. The van der Waals surface area contributed by atoms with E-state index < -0.39 is 35.9 Å². The van der Waals surface area contributed by atoms with Crippen molar-refractivity contribution in [2.75, 3.05) is 7.11 Å². The Morgan fingerprint density at radius 2 is 1.64 bits per heavy atom. The van der Waals surface area contributed by atoms with Gasteiger partial charge in [0.1, 0.15) is 30.2 Å². The maximum Gasteiger partial charge on any atom is 0.413 e. The molecule has 7 heteroatoms. The van der Waals surface area contributed by atoms with E-state index >= 15 is 0 Å². The number of aliphatic hydroxyl groups excluding tert-OH is 1. The van der Waals surface area contributed by atoms with E-state index in [1.54, 1.807) is 27.9 Å². The molecule has 0 saturated carbocycles. The average molecular weight is 492 g/mol. The number of hydrogen-bond acceptors (Lipinski definition) is 6. The van der Waals surface area contributed by atoms with Crippen molar-refractivity contribution in [3.63, 3.8) is 0 Å². The van der Waals surface area contributed by atoms with Crippen molar-refractivity contribution in [3.8, 4) is 5.75 Å². The van der Waals surface area contributed by atoms with Crippen LogP contribution in [0.1, 0.15) is 38.3 Å². The van der Waals surface area contributed by atoms with Gasteiger partial charge in [-0.25, -0.2) is 9.59 Å². The lowest BCUT2D eigenvalue weighted by atomic mass is 9.93. The van der Waals surface area contributed by atoms with Gasteiger partial charge in [0.05, 0.1) is 7.11 Å². The summed E-state index contributed by atoms with van der Waals surface area (Å²) in [5, 5.41) is 13.3. The van der Waals surface area contributed by atoms with Crippen molar-refractivity contribution >= 4 is 22.8 Å². The summed E-state index contributed by atoms with van der Waals surface area (Å²) in [6.07, 6.45) is -1.31. The van der Waals surface area contributed by atoms with Gasteiger partial charge in [0.15, 0.2) is 0 Å². The molecule has 1 aliphatic heterocycles. The number of methoxy groups -OCH3 is 1. The molecule has 0 bridgehead atoms. The van der Waals surface area contributed by atoms with Crippen LogP contribution in [0.3, 0.4) is 0 Å². The summed E-state index contributed by atoms with van der Waals surface area (Å²) in [6.45, 7) is 5.31. The fraction of sp³-hybridized carbons (Fsp3) is 0.379. The van der Waals surface area contributed by atoms with E-state index in [0.717, 1.165) is 26.8 Å². The van der Waals surface area contributed by atoms with Crippen molar-refractivity contribution < 1.29 is 28.9 Å². The number of rotatable bonds is 6. The number of amides is 1. The van der Waals surface area contributed by atoms with E-state index in [1.807, 2.05) is 66.7 Å². The molecule has 7 nitrogen and oxygen atoms in total. The van der Waals surface area contributed by atoms with Gasteiger partial charge in [0.2, 0.25) is 0 Å². The molecule has 36 heavy (non-hydrogen) atoms. The third-order valence-electron chi connectivity index (χ3n) is 6.30. The molecule has 1 unspecified atom stereocenters. The second-order valence-corrected chi connectivity index (χ2v) is 10.1. The summed E-state index contributed by atoms with van der Waals surface area (Å²) >= 11 is 0. The van der Waals surface area contributed by atoms with Gasteiger partial charge < -0.3 is 19.3 Å². The van der Waals surface area contributed by atoms with E-state index in [1.165, 1.54) is 0 Å². The first kappa shape index (κ1) is 25.5. The summed E-state index contributed by atoms with van der Waals surface area (Å²) in [6, 6.07) is 20.3. The number of carbonyl (C=O) groups excluding carboxylic acids is 2. The third kappa shape index (κ3) is 5.79. The average Bonchev–Trinajstić information content (AvgIpc) is 3.17. The first-order valence-electron chi connectivity index (χ1n) is 12.1. The van der Waals surface area contributed by atoms with Crippen LogP contribution in [0.25, 0.3) is 10.8 Å². The van der Waals surface area contributed by atoms with E-state index in [0.29, 0.717) is 12.2 Å². The van der Waals surface area contributed by atoms with Crippen molar-refractivity contribution in [1.29, 1.82) is 0 Å². The molecule has 0 aliphatic carbocycles. The minimum Gasteiger partial charge on any atom is -0.496 e. The maximum absolute atomic E-state index is 13.1. The van der Waals surface area contributed by atoms with Crippen molar-refractivity contribution in [2.45, 2.75) is 58.1 Å². The first-order chi connectivity index (χ1) is 17.2. The molecule has 0 aromatic heterocycles. The largest absolute Gasteiger partial charge is 0.496 e. The topological polar surface area (TPSA) is 85.3 Å². The summed E-state index contributed by atoms with van der Waals surface area (Å²) < 4.78 is 16.7. The normalized spacial score (nSPS) is 19.8. The smallest absolute Gasteiger partial charge is 0.413 e. The van der Waals surface area contributed by atoms with Gasteiger partial charge in [-0.2, -0.15) is 0 Å². The van der Waals surface area contributed by atoms with E-state index in [9.17, 15) is 14.7 Å². The van der Waals surface area contributed by atoms with Crippen LogP contribution in [-0.4, -0.2) is 47.0 Å². The standard InChI is InChI=1S/C29H33NO6/c1-29(2,3)36-28(33)30-24(27(32)35-18-19-10-6-5-7-11-19)16-23(26(30)31)15-22-14-20-12-8-9-13-21(20)17-25(22)34-4/h5-14,17,23-24,26,31H,15-16,18H2,1-4H3/t23-,24+,26?/m0/s1. The van der Waals surface area contributed by atoms with Gasteiger partial charge in [-0.05, 0) is 67.6 Å².